The van der Waals surface area contributed by atoms with Crippen LogP contribution >= 0.6 is 11.3 Å². The van der Waals surface area contributed by atoms with Crippen LogP contribution in [0.4, 0.5) is 0 Å². The summed E-state index contributed by atoms with van der Waals surface area (Å²) < 4.78 is 2.38. The third kappa shape index (κ3) is 3.06. The molecule has 0 atom stereocenters. The lowest BCUT2D eigenvalue weighted by Crippen LogP contribution is -2.14. The van der Waals surface area contributed by atoms with Crippen molar-refractivity contribution in [2.45, 2.75) is 19.3 Å². The minimum atomic E-state index is -0.0262. The highest BCUT2D eigenvalue weighted by atomic mass is 32.1. The maximum Gasteiger partial charge on any atom is 0.160 e. The average molecular weight is 505 g/mol. The number of thiophene rings is 1. The summed E-state index contributed by atoms with van der Waals surface area (Å²) >= 11 is 1.77. The Bertz CT molecular complexity index is 2050. The topological polar surface area (TPSA) is 25.8 Å². The molecule has 0 fully saturated rings. The van der Waals surface area contributed by atoms with Gasteiger partial charge in [-0.05, 0) is 57.3 Å². The molecule has 2 nitrogen and oxygen atoms in total. The van der Waals surface area contributed by atoms with Crippen LogP contribution in [0.1, 0.15) is 25.0 Å². The molecule has 38 heavy (non-hydrogen) atoms. The zero-order valence-corrected chi connectivity index (χ0v) is 22.0. The van der Waals surface area contributed by atoms with Crippen LogP contribution in [-0.4, -0.2) is 9.97 Å². The van der Waals surface area contributed by atoms with Crippen molar-refractivity contribution in [3.8, 4) is 33.8 Å². The largest absolute Gasteiger partial charge is 0.226 e. The molecule has 1 aliphatic carbocycles. The second-order valence-electron chi connectivity index (χ2n) is 10.7. The lowest BCUT2D eigenvalue weighted by Gasteiger charge is -2.21. The average Bonchev–Trinajstić information content (AvgIpc) is 3.44. The lowest BCUT2D eigenvalue weighted by molar-refractivity contribution is 0.661. The van der Waals surface area contributed by atoms with Crippen molar-refractivity contribution in [2.75, 3.05) is 0 Å². The number of hydrogen-bond acceptors (Lipinski definition) is 3. The highest BCUT2D eigenvalue weighted by Crippen LogP contribution is 2.50. The van der Waals surface area contributed by atoms with Crippen LogP contribution in [0.5, 0.6) is 0 Å². The fourth-order valence-corrected chi connectivity index (χ4v) is 7.25. The van der Waals surface area contributed by atoms with E-state index in [-0.39, 0.29) is 5.41 Å². The van der Waals surface area contributed by atoms with Gasteiger partial charge in [0.2, 0.25) is 0 Å². The summed E-state index contributed by atoms with van der Waals surface area (Å²) in [6, 6.07) is 39.2. The van der Waals surface area contributed by atoms with Gasteiger partial charge in [0.05, 0.1) is 15.9 Å². The normalized spacial score (nSPS) is 13.7. The van der Waals surface area contributed by atoms with Gasteiger partial charge >= 0.3 is 0 Å². The second kappa shape index (κ2) is 7.83. The lowest BCUT2D eigenvalue weighted by atomic mass is 9.82. The van der Waals surface area contributed by atoms with Gasteiger partial charge in [0.25, 0.3) is 0 Å². The van der Waals surface area contributed by atoms with E-state index in [2.05, 4.69) is 123 Å². The first-order valence-corrected chi connectivity index (χ1v) is 13.8. The Morgan fingerprint density at radius 2 is 1.39 bits per heavy atom. The predicted molar refractivity (Wildman–Crippen MR) is 161 cm³/mol. The fraction of sp³-hybridized carbons (Fsp3) is 0.0857. The third-order valence-electron chi connectivity index (χ3n) is 8.07. The van der Waals surface area contributed by atoms with Crippen LogP contribution in [0.25, 0.3) is 64.8 Å². The summed E-state index contributed by atoms with van der Waals surface area (Å²) in [7, 11) is 0. The molecule has 0 spiro atoms. The molecule has 8 rings (SSSR count). The van der Waals surface area contributed by atoms with Crippen molar-refractivity contribution in [2.24, 2.45) is 0 Å². The minimum Gasteiger partial charge on any atom is -0.226 e. The maximum absolute atomic E-state index is 5.18. The van der Waals surface area contributed by atoms with Gasteiger partial charge in [-0.15, -0.1) is 11.3 Å². The van der Waals surface area contributed by atoms with Crippen LogP contribution in [-0.2, 0) is 5.41 Å². The number of hydrogen-bond donors (Lipinski definition) is 0. The standard InChI is InChI=1S/C35H24N2S/c1-35(2)28-14-8-6-12-25(28)27-19-22-16-17-23(18-24(22)20-29(27)35)34-36-31(21-10-4-3-5-11-21)33-32(37-34)26-13-7-9-15-30(26)38-33/h3-20H,1-2H3. The third-order valence-corrected chi connectivity index (χ3v) is 9.23. The summed E-state index contributed by atoms with van der Waals surface area (Å²) in [6.07, 6.45) is 0. The molecule has 5 aromatic carbocycles. The molecule has 180 valence electrons. The van der Waals surface area contributed by atoms with Crippen LogP contribution < -0.4 is 0 Å². The Labute approximate surface area is 225 Å². The molecule has 0 bridgehead atoms. The van der Waals surface area contributed by atoms with Gasteiger partial charge in [0.15, 0.2) is 5.82 Å². The van der Waals surface area contributed by atoms with Gasteiger partial charge in [0.1, 0.15) is 0 Å². The van der Waals surface area contributed by atoms with Gasteiger partial charge < -0.3 is 0 Å². The Morgan fingerprint density at radius 1 is 0.605 bits per heavy atom. The first-order chi connectivity index (χ1) is 18.6. The number of rotatable bonds is 2. The van der Waals surface area contributed by atoms with Crippen LogP contribution in [0, 0.1) is 0 Å². The number of benzene rings is 5. The molecule has 2 aromatic heterocycles. The van der Waals surface area contributed by atoms with E-state index in [0.717, 1.165) is 32.9 Å². The van der Waals surface area contributed by atoms with Crippen LogP contribution in [0.15, 0.2) is 109 Å². The number of fused-ring (bicyclic) bond motifs is 7. The Balaban J connectivity index is 1.36. The van der Waals surface area contributed by atoms with Crippen molar-refractivity contribution in [3.63, 3.8) is 0 Å². The van der Waals surface area contributed by atoms with Gasteiger partial charge in [-0.1, -0.05) is 98.8 Å². The number of aromatic nitrogens is 2. The summed E-state index contributed by atoms with van der Waals surface area (Å²) in [4.78, 5) is 10.3. The highest BCUT2D eigenvalue weighted by molar-refractivity contribution is 7.26. The maximum atomic E-state index is 5.18. The quantitative estimate of drug-likeness (QED) is 0.234. The molecule has 0 N–H and O–H groups in total. The van der Waals surface area contributed by atoms with E-state index in [0.29, 0.717) is 0 Å². The first-order valence-electron chi connectivity index (χ1n) is 13.0. The Morgan fingerprint density at radius 3 is 2.29 bits per heavy atom. The molecule has 0 aliphatic heterocycles. The van der Waals surface area contributed by atoms with Crippen LogP contribution in [0.3, 0.4) is 0 Å². The van der Waals surface area contributed by atoms with E-state index in [9.17, 15) is 0 Å². The predicted octanol–water partition coefficient (Wildman–Crippen LogP) is 9.64. The second-order valence-corrected chi connectivity index (χ2v) is 11.7. The summed E-state index contributed by atoms with van der Waals surface area (Å²) in [6.45, 7) is 4.66. The summed E-state index contributed by atoms with van der Waals surface area (Å²) in [5, 5.41) is 3.65. The molecule has 0 radical (unpaired) electrons. The fourth-order valence-electron chi connectivity index (χ4n) is 6.10. The van der Waals surface area contributed by atoms with Crippen molar-refractivity contribution in [1.29, 1.82) is 0 Å². The molecule has 0 saturated carbocycles. The van der Waals surface area contributed by atoms with Crippen molar-refractivity contribution in [3.05, 3.63) is 120 Å². The van der Waals surface area contributed by atoms with Crippen molar-refractivity contribution < 1.29 is 0 Å². The SMILES string of the molecule is CC1(C)c2ccccc2-c2cc3ccc(-c4nc(-c5ccccc5)c5sc6ccccc6c5n4)cc3cc21. The summed E-state index contributed by atoms with van der Waals surface area (Å²) in [5.74, 6) is 0.768. The smallest absolute Gasteiger partial charge is 0.160 e. The Kier molecular flexibility index (Phi) is 4.48. The molecular formula is C35H24N2S. The molecule has 1 aliphatic rings. The minimum absolute atomic E-state index is 0.0262. The molecule has 0 saturated heterocycles. The molecule has 7 aromatic rings. The van der Waals surface area contributed by atoms with Crippen molar-refractivity contribution >= 4 is 42.4 Å². The van der Waals surface area contributed by atoms with E-state index in [1.54, 1.807) is 11.3 Å². The van der Waals surface area contributed by atoms with Gasteiger partial charge in [-0.3, -0.25) is 0 Å². The molecular weight excluding hydrogens is 480 g/mol. The van der Waals surface area contributed by atoms with Crippen LogP contribution in [0.2, 0.25) is 0 Å². The molecule has 2 heterocycles. The van der Waals surface area contributed by atoms with Crippen molar-refractivity contribution in [1.82, 2.24) is 9.97 Å². The van der Waals surface area contributed by atoms with E-state index < -0.39 is 0 Å². The number of nitrogens with zero attached hydrogens (tertiary/aromatic N) is 2. The van der Waals surface area contributed by atoms with E-state index in [4.69, 9.17) is 9.97 Å². The van der Waals surface area contributed by atoms with E-state index in [1.165, 1.54) is 43.1 Å². The molecule has 0 unspecified atom stereocenters. The summed E-state index contributed by atoms with van der Waals surface area (Å²) in [5.41, 5.74) is 9.64. The van der Waals surface area contributed by atoms with E-state index >= 15 is 0 Å². The monoisotopic (exact) mass is 504 g/mol. The Hall–Kier alpha value is -4.34. The molecule has 0 amide bonds. The van der Waals surface area contributed by atoms with Gasteiger partial charge in [-0.25, -0.2) is 9.97 Å². The van der Waals surface area contributed by atoms with Gasteiger partial charge in [0, 0.05) is 26.6 Å². The first kappa shape index (κ1) is 21.7. The van der Waals surface area contributed by atoms with E-state index in [1.807, 2.05) is 0 Å². The highest BCUT2D eigenvalue weighted by Gasteiger charge is 2.35. The zero-order valence-electron chi connectivity index (χ0n) is 21.2. The zero-order chi connectivity index (χ0) is 25.4. The molecule has 3 heteroatoms. The van der Waals surface area contributed by atoms with Gasteiger partial charge in [-0.2, -0.15) is 0 Å².